The van der Waals surface area contributed by atoms with Gasteiger partial charge in [-0.15, -0.1) is 0 Å². The van der Waals surface area contributed by atoms with Crippen molar-refractivity contribution in [3.05, 3.63) is 0 Å². The highest BCUT2D eigenvalue weighted by atomic mass is 19.4. The summed E-state index contributed by atoms with van der Waals surface area (Å²) in [6.45, 7) is -3.87. The maximum Gasteiger partial charge on any atom is 0.459 e. The maximum atomic E-state index is 12.8. The number of hydrogen-bond acceptors (Lipinski definition) is 1. The van der Waals surface area contributed by atoms with Crippen LogP contribution < -0.4 is 0 Å². The van der Waals surface area contributed by atoms with Gasteiger partial charge in [-0.3, -0.25) is 0 Å². The highest BCUT2D eigenvalue weighted by Crippen LogP contribution is 2.52. The van der Waals surface area contributed by atoms with Gasteiger partial charge >= 0.3 is 42.2 Å². The van der Waals surface area contributed by atoms with Gasteiger partial charge in [0.15, 0.2) is 0 Å². The number of ether oxygens (including phenoxy) is 1. The quantitative estimate of drug-likeness (QED) is 0.459. The van der Waals surface area contributed by atoms with Gasteiger partial charge in [0.25, 0.3) is 6.17 Å². The van der Waals surface area contributed by atoms with Crippen LogP contribution in [-0.2, 0) is 4.74 Å². The highest BCUT2D eigenvalue weighted by molar-refractivity contribution is 4.99. The van der Waals surface area contributed by atoms with Crippen LogP contribution in [0.1, 0.15) is 0 Å². The Balaban J connectivity index is 5.62. The van der Waals surface area contributed by atoms with Crippen LogP contribution in [0.5, 0.6) is 0 Å². The molecule has 0 heterocycles. The van der Waals surface area contributed by atoms with E-state index in [1.807, 2.05) is 0 Å². The fourth-order valence-corrected chi connectivity index (χ4v) is 1.12. The lowest BCUT2D eigenvalue weighted by atomic mass is 10.1. The molecule has 0 fully saturated rings. The fourth-order valence-electron chi connectivity index (χ4n) is 1.12. The first kappa shape index (κ1) is 25.8. The van der Waals surface area contributed by atoms with E-state index in [0.717, 1.165) is 0 Å². The standard InChI is InChI=1S/C9H3F17O/c10-2(4(13,14)7(19,20)9(24,25)26)5(15,16)27-1-3(11,12)6(17,18)8(21,22)23/h2H,1H2. The van der Waals surface area contributed by atoms with Gasteiger partial charge in [0.1, 0.15) is 6.61 Å². The molecule has 1 nitrogen and oxygen atoms in total. The van der Waals surface area contributed by atoms with Gasteiger partial charge in [0, 0.05) is 0 Å². The van der Waals surface area contributed by atoms with E-state index in [4.69, 9.17) is 0 Å². The van der Waals surface area contributed by atoms with E-state index in [0.29, 0.717) is 0 Å². The van der Waals surface area contributed by atoms with Crippen LogP contribution in [0, 0.1) is 0 Å². The summed E-state index contributed by atoms with van der Waals surface area (Å²) in [7, 11) is 0. The number of rotatable bonds is 7. The largest absolute Gasteiger partial charge is 0.459 e. The number of hydrogen-bond donors (Lipinski definition) is 0. The molecule has 0 N–H and O–H groups in total. The lowest BCUT2D eigenvalue weighted by Crippen LogP contribution is -2.62. The van der Waals surface area contributed by atoms with E-state index < -0.39 is 54.9 Å². The molecule has 0 aromatic rings. The first-order chi connectivity index (χ1) is 11.4. The molecule has 164 valence electrons. The summed E-state index contributed by atoms with van der Waals surface area (Å²) in [5.41, 5.74) is 0. The predicted molar refractivity (Wildman–Crippen MR) is 47.7 cm³/mol. The van der Waals surface area contributed by atoms with Crippen molar-refractivity contribution in [1.82, 2.24) is 0 Å². The zero-order valence-corrected chi connectivity index (χ0v) is 11.6. The van der Waals surface area contributed by atoms with Gasteiger partial charge in [0.05, 0.1) is 0 Å². The molecule has 0 rings (SSSR count). The summed E-state index contributed by atoms with van der Waals surface area (Å²) >= 11 is 0. The molecule has 0 radical (unpaired) electrons. The van der Waals surface area contributed by atoms with Crippen molar-refractivity contribution in [1.29, 1.82) is 0 Å². The highest BCUT2D eigenvalue weighted by Gasteiger charge is 2.80. The first-order valence-corrected chi connectivity index (χ1v) is 5.67. The van der Waals surface area contributed by atoms with Gasteiger partial charge in [-0.1, -0.05) is 0 Å². The topological polar surface area (TPSA) is 9.23 Å². The molecule has 0 aromatic heterocycles. The third kappa shape index (κ3) is 4.44. The Morgan fingerprint density at radius 2 is 0.889 bits per heavy atom. The Bertz CT molecular complexity index is 513. The second-order valence-corrected chi connectivity index (χ2v) is 4.68. The summed E-state index contributed by atoms with van der Waals surface area (Å²) in [5.74, 6) is -28.7. The average molecular weight is 450 g/mol. The van der Waals surface area contributed by atoms with Gasteiger partial charge in [-0.05, 0) is 0 Å². The van der Waals surface area contributed by atoms with Crippen molar-refractivity contribution in [2.45, 2.75) is 48.3 Å². The first-order valence-electron chi connectivity index (χ1n) is 5.67. The molecule has 0 saturated carbocycles. The summed E-state index contributed by atoms with van der Waals surface area (Å²) in [5, 5.41) is 0. The molecule has 0 spiro atoms. The molecule has 0 bridgehead atoms. The lowest BCUT2D eigenvalue weighted by Gasteiger charge is -2.34. The van der Waals surface area contributed by atoms with E-state index >= 15 is 0 Å². The van der Waals surface area contributed by atoms with Crippen LogP contribution in [0.3, 0.4) is 0 Å². The Labute approximate surface area is 136 Å². The van der Waals surface area contributed by atoms with Gasteiger partial charge < -0.3 is 4.74 Å². The minimum absolute atomic E-state index is 2.11. The molecule has 27 heavy (non-hydrogen) atoms. The van der Waals surface area contributed by atoms with E-state index in [1.54, 1.807) is 0 Å². The SMILES string of the molecule is FC(C(F)(F)OCC(F)(F)C(F)(F)C(F)(F)F)C(F)(F)C(F)(F)C(F)(F)F. The van der Waals surface area contributed by atoms with E-state index in [-0.39, 0.29) is 0 Å². The van der Waals surface area contributed by atoms with Crippen molar-refractivity contribution in [3.63, 3.8) is 0 Å². The van der Waals surface area contributed by atoms with Gasteiger partial charge in [-0.2, -0.15) is 70.2 Å². The second-order valence-electron chi connectivity index (χ2n) is 4.68. The van der Waals surface area contributed by atoms with E-state index in [9.17, 15) is 74.6 Å². The molecule has 0 aromatic carbocycles. The summed E-state index contributed by atoms with van der Waals surface area (Å²) in [6.07, 6.45) is -27.3. The summed E-state index contributed by atoms with van der Waals surface area (Å²) < 4.78 is 211. The maximum absolute atomic E-state index is 12.8. The fraction of sp³-hybridized carbons (Fsp3) is 1.00. The molecule has 0 aliphatic rings. The van der Waals surface area contributed by atoms with Crippen molar-refractivity contribution < 1.29 is 79.4 Å². The Kier molecular flexibility index (Phi) is 6.38. The molecule has 0 amide bonds. The van der Waals surface area contributed by atoms with Crippen molar-refractivity contribution in [3.8, 4) is 0 Å². The van der Waals surface area contributed by atoms with E-state index in [2.05, 4.69) is 4.74 Å². The Hall–Kier alpha value is -1.23. The average Bonchev–Trinajstić information content (AvgIpc) is 2.41. The van der Waals surface area contributed by atoms with Crippen LogP contribution in [-0.4, -0.2) is 54.9 Å². The molecular formula is C9H3F17O. The molecule has 1 unspecified atom stereocenters. The van der Waals surface area contributed by atoms with Crippen molar-refractivity contribution in [2.24, 2.45) is 0 Å². The minimum atomic E-state index is -7.52. The van der Waals surface area contributed by atoms with Crippen LogP contribution in [0.4, 0.5) is 74.6 Å². The van der Waals surface area contributed by atoms with Gasteiger partial charge in [0.2, 0.25) is 0 Å². The minimum Gasteiger partial charge on any atom is -0.311 e. The zero-order valence-electron chi connectivity index (χ0n) is 11.6. The summed E-state index contributed by atoms with van der Waals surface area (Å²) in [4.78, 5) is 0. The number of alkyl halides is 17. The van der Waals surface area contributed by atoms with Crippen molar-refractivity contribution >= 4 is 0 Å². The van der Waals surface area contributed by atoms with Crippen molar-refractivity contribution in [2.75, 3.05) is 6.61 Å². The molecule has 0 aliphatic carbocycles. The Morgan fingerprint density at radius 3 is 1.19 bits per heavy atom. The number of halogens is 17. The van der Waals surface area contributed by atoms with Crippen LogP contribution in [0.2, 0.25) is 0 Å². The third-order valence-electron chi connectivity index (χ3n) is 2.65. The van der Waals surface area contributed by atoms with Crippen LogP contribution in [0.25, 0.3) is 0 Å². The molecule has 0 saturated heterocycles. The van der Waals surface area contributed by atoms with E-state index in [1.165, 1.54) is 0 Å². The molecule has 0 aliphatic heterocycles. The lowest BCUT2D eigenvalue weighted by molar-refractivity contribution is -0.411. The second kappa shape index (κ2) is 6.68. The van der Waals surface area contributed by atoms with Gasteiger partial charge in [-0.25, -0.2) is 4.39 Å². The zero-order chi connectivity index (χ0) is 22.5. The normalized spacial score (nSPS) is 17.2. The monoisotopic (exact) mass is 450 g/mol. The molecular weight excluding hydrogens is 447 g/mol. The Morgan fingerprint density at radius 1 is 0.556 bits per heavy atom. The predicted octanol–water partition coefficient (Wildman–Crippen LogP) is 5.60. The molecule has 1 atom stereocenters. The molecule has 18 heteroatoms. The van der Waals surface area contributed by atoms with Crippen LogP contribution >= 0.6 is 0 Å². The smallest absolute Gasteiger partial charge is 0.311 e. The summed E-state index contributed by atoms with van der Waals surface area (Å²) in [6, 6.07) is 0. The van der Waals surface area contributed by atoms with Crippen LogP contribution in [0.15, 0.2) is 0 Å². The third-order valence-corrected chi connectivity index (χ3v) is 2.65.